The summed E-state index contributed by atoms with van der Waals surface area (Å²) in [7, 11) is 0. The Hall–Kier alpha value is -3.04. The van der Waals surface area contributed by atoms with Crippen molar-refractivity contribution in [3.63, 3.8) is 0 Å². The number of carbonyl (C=O) groups excluding carboxylic acids is 2. The lowest BCUT2D eigenvalue weighted by molar-refractivity contribution is -0.117. The predicted molar refractivity (Wildman–Crippen MR) is 115 cm³/mol. The number of nitrogens with zero attached hydrogens (tertiary/aromatic N) is 3. The van der Waals surface area contributed by atoms with Gasteiger partial charge in [0.15, 0.2) is 10.8 Å². The minimum atomic E-state index is -0.345. The molecule has 0 aliphatic carbocycles. The zero-order valence-electron chi connectivity index (χ0n) is 17.1. The SMILES string of the molecule is Cc1cc(C)cc(NC(=O)CN2CCc3nc(NC(=O)c4cc(C)on4)sc3C2)c1. The van der Waals surface area contributed by atoms with Gasteiger partial charge in [0.1, 0.15) is 5.76 Å². The number of fused-ring (bicyclic) bond motifs is 1. The lowest BCUT2D eigenvalue weighted by atomic mass is 10.1. The number of aromatic nitrogens is 2. The number of aryl methyl sites for hydroxylation is 3. The van der Waals surface area contributed by atoms with E-state index < -0.39 is 0 Å². The Balaban J connectivity index is 1.35. The van der Waals surface area contributed by atoms with Crippen molar-refractivity contribution in [3.05, 3.63) is 57.4 Å². The summed E-state index contributed by atoms with van der Waals surface area (Å²) in [5, 5.41) is 10.0. The molecule has 30 heavy (non-hydrogen) atoms. The van der Waals surface area contributed by atoms with Gasteiger partial charge in [0.25, 0.3) is 5.91 Å². The number of carbonyl (C=O) groups is 2. The molecule has 0 fully saturated rings. The standard InChI is InChI=1S/C21H23N5O3S/c1-12-6-13(2)8-15(7-12)22-19(27)11-26-5-4-16-18(10-26)30-21(23-16)24-20(28)17-9-14(3)29-25-17/h6-9H,4-5,10-11H2,1-3H3,(H,22,27)(H,23,24,28). The fourth-order valence-electron chi connectivity index (χ4n) is 3.52. The van der Waals surface area contributed by atoms with Crippen LogP contribution in [0, 0.1) is 20.8 Å². The summed E-state index contributed by atoms with van der Waals surface area (Å²) in [6.45, 7) is 7.44. The Morgan fingerprint density at radius 1 is 1.13 bits per heavy atom. The van der Waals surface area contributed by atoms with Crippen LogP contribution in [0.4, 0.5) is 10.8 Å². The van der Waals surface area contributed by atoms with Crippen LogP contribution in [0.3, 0.4) is 0 Å². The van der Waals surface area contributed by atoms with E-state index in [9.17, 15) is 9.59 Å². The number of nitrogens with one attached hydrogen (secondary N) is 2. The van der Waals surface area contributed by atoms with Crippen molar-refractivity contribution in [1.82, 2.24) is 15.0 Å². The van der Waals surface area contributed by atoms with E-state index >= 15 is 0 Å². The van der Waals surface area contributed by atoms with Gasteiger partial charge in [0, 0.05) is 36.1 Å². The Bertz CT molecular complexity index is 1080. The van der Waals surface area contributed by atoms with Crippen LogP contribution >= 0.6 is 11.3 Å². The number of anilines is 2. The molecule has 0 bridgehead atoms. The summed E-state index contributed by atoms with van der Waals surface area (Å²) in [5.41, 5.74) is 4.25. The Morgan fingerprint density at radius 2 is 1.90 bits per heavy atom. The van der Waals surface area contributed by atoms with Gasteiger partial charge in [-0.2, -0.15) is 0 Å². The minimum absolute atomic E-state index is 0.0390. The van der Waals surface area contributed by atoms with Crippen LogP contribution in [0.2, 0.25) is 0 Å². The first kappa shape index (κ1) is 20.2. The largest absolute Gasteiger partial charge is 0.361 e. The van der Waals surface area contributed by atoms with Crippen LogP contribution in [0.1, 0.15) is 37.9 Å². The van der Waals surface area contributed by atoms with Crippen LogP contribution in [-0.4, -0.2) is 39.9 Å². The van der Waals surface area contributed by atoms with Crippen molar-refractivity contribution >= 4 is 34.0 Å². The molecule has 0 unspecified atom stereocenters. The summed E-state index contributed by atoms with van der Waals surface area (Å²) < 4.78 is 4.94. The van der Waals surface area contributed by atoms with Crippen molar-refractivity contribution in [2.75, 3.05) is 23.7 Å². The Labute approximate surface area is 178 Å². The zero-order chi connectivity index (χ0) is 21.3. The Morgan fingerprint density at radius 3 is 2.60 bits per heavy atom. The maximum Gasteiger partial charge on any atom is 0.279 e. The van der Waals surface area contributed by atoms with Crippen LogP contribution in [0.5, 0.6) is 0 Å². The molecule has 8 nitrogen and oxygen atoms in total. The van der Waals surface area contributed by atoms with Gasteiger partial charge in [0.2, 0.25) is 5.91 Å². The summed E-state index contributed by atoms with van der Waals surface area (Å²) >= 11 is 1.43. The zero-order valence-corrected chi connectivity index (χ0v) is 17.9. The number of rotatable bonds is 5. The fourth-order valence-corrected chi connectivity index (χ4v) is 4.57. The molecule has 0 spiro atoms. The van der Waals surface area contributed by atoms with Crippen LogP contribution in [0.15, 0.2) is 28.8 Å². The summed E-state index contributed by atoms with van der Waals surface area (Å²) in [6.07, 6.45) is 0.738. The molecule has 0 saturated heterocycles. The maximum absolute atomic E-state index is 12.5. The third-order valence-electron chi connectivity index (χ3n) is 4.76. The summed E-state index contributed by atoms with van der Waals surface area (Å²) in [6, 6.07) is 7.59. The molecule has 0 atom stereocenters. The molecule has 9 heteroatoms. The fraction of sp³-hybridized carbons (Fsp3) is 0.333. The van der Waals surface area contributed by atoms with Crippen LogP contribution in [0.25, 0.3) is 0 Å². The topological polar surface area (TPSA) is 100 Å². The van der Waals surface area contributed by atoms with Gasteiger partial charge in [-0.25, -0.2) is 4.98 Å². The highest BCUT2D eigenvalue weighted by Gasteiger charge is 2.23. The molecule has 0 radical (unpaired) electrons. The lowest BCUT2D eigenvalue weighted by Gasteiger charge is -2.25. The third-order valence-corrected chi connectivity index (χ3v) is 5.76. The maximum atomic E-state index is 12.5. The summed E-state index contributed by atoms with van der Waals surface area (Å²) in [5.74, 6) is 0.193. The first-order chi connectivity index (χ1) is 14.4. The molecule has 1 aliphatic rings. The van der Waals surface area contributed by atoms with Gasteiger partial charge >= 0.3 is 0 Å². The number of benzene rings is 1. The molecule has 1 aliphatic heterocycles. The van der Waals surface area contributed by atoms with Gasteiger partial charge in [-0.1, -0.05) is 11.2 Å². The highest BCUT2D eigenvalue weighted by Crippen LogP contribution is 2.28. The van der Waals surface area contributed by atoms with Crippen LogP contribution in [-0.2, 0) is 17.8 Å². The van der Waals surface area contributed by atoms with E-state index in [1.54, 1.807) is 13.0 Å². The highest BCUT2D eigenvalue weighted by atomic mass is 32.1. The molecule has 0 saturated carbocycles. The van der Waals surface area contributed by atoms with E-state index in [0.717, 1.165) is 40.4 Å². The molecule has 156 valence electrons. The second-order valence-electron chi connectivity index (χ2n) is 7.55. The van der Waals surface area contributed by atoms with Gasteiger partial charge in [-0.05, 0) is 44.0 Å². The quantitative estimate of drug-likeness (QED) is 0.651. The normalized spacial score (nSPS) is 13.7. The van der Waals surface area contributed by atoms with Crippen molar-refractivity contribution < 1.29 is 14.1 Å². The second kappa shape index (κ2) is 8.37. The van der Waals surface area contributed by atoms with E-state index in [2.05, 4.69) is 31.7 Å². The predicted octanol–water partition coefficient (Wildman–Crippen LogP) is 3.31. The number of hydrogen-bond acceptors (Lipinski definition) is 7. The van der Waals surface area contributed by atoms with Gasteiger partial charge in [-0.15, -0.1) is 11.3 Å². The van der Waals surface area contributed by atoms with Crippen molar-refractivity contribution in [3.8, 4) is 0 Å². The lowest BCUT2D eigenvalue weighted by Crippen LogP contribution is -2.36. The third kappa shape index (κ3) is 4.74. The molecule has 2 amide bonds. The van der Waals surface area contributed by atoms with Crippen molar-refractivity contribution in [2.24, 2.45) is 0 Å². The Kier molecular flexibility index (Phi) is 5.65. The summed E-state index contributed by atoms with van der Waals surface area (Å²) in [4.78, 5) is 32.4. The van der Waals surface area contributed by atoms with Gasteiger partial charge < -0.3 is 9.84 Å². The molecule has 1 aromatic carbocycles. The van der Waals surface area contributed by atoms with E-state index in [-0.39, 0.29) is 17.5 Å². The van der Waals surface area contributed by atoms with Crippen molar-refractivity contribution in [1.29, 1.82) is 0 Å². The number of thiazole rings is 1. The van der Waals surface area contributed by atoms with Crippen molar-refractivity contribution in [2.45, 2.75) is 33.7 Å². The van der Waals surface area contributed by atoms with Crippen LogP contribution < -0.4 is 10.6 Å². The van der Waals surface area contributed by atoms with E-state index in [4.69, 9.17) is 4.52 Å². The molecule has 2 aromatic heterocycles. The molecule has 4 rings (SSSR count). The number of amides is 2. The first-order valence-electron chi connectivity index (χ1n) is 9.69. The molecular weight excluding hydrogens is 402 g/mol. The molecular formula is C21H23N5O3S. The average molecular weight is 426 g/mol. The first-order valence-corrected chi connectivity index (χ1v) is 10.5. The minimum Gasteiger partial charge on any atom is -0.361 e. The molecule has 3 heterocycles. The monoisotopic (exact) mass is 425 g/mol. The molecule has 2 N–H and O–H groups in total. The van der Waals surface area contributed by atoms with Gasteiger partial charge in [-0.3, -0.25) is 19.8 Å². The average Bonchev–Trinajstić information content (AvgIpc) is 3.26. The van der Waals surface area contributed by atoms with Gasteiger partial charge in [0.05, 0.1) is 12.2 Å². The molecule has 3 aromatic rings. The van der Waals surface area contributed by atoms with E-state index in [1.165, 1.54) is 11.3 Å². The number of hydrogen-bond donors (Lipinski definition) is 2. The van der Waals surface area contributed by atoms with E-state index in [1.807, 2.05) is 26.0 Å². The highest BCUT2D eigenvalue weighted by molar-refractivity contribution is 7.15. The second-order valence-corrected chi connectivity index (χ2v) is 8.63. The van der Waals surface area contributed by atoms with E-state index in [0.29, 0.717) is 24.0 Å². The smallest absolute Gasteiger partial charge is 0.279 e.